The Labute approximate surface area is 201 Å². The SMILES string of the molecule is Cc1cc(Oc2ccccc2-c2nn[nH]n2)ncc1NC(=O)c1cn(Cc2ccccc2)nc1C. The normalized spacial score (nSPS) is 10.8. The van der Waals surface area contributed by atoms with Crippen molar-refractivity contribution in [1.82, 2.24) is 35.4 Å². The molecule has 0 aliphatic carbocycles. The van der Waals surface area contributed by atoms with Gasteiger partial charge in [0.05, 0.1) is 35.2 Å². The molecule has 0 saturated heterocycles. The highest BCUT2D eigenvalue weighted by Gasteiger charge is 2.16. The number of tetrazole rings is 1. The monoisotopic (exact) mass is 466 g/mol. The highest BCUT2D eigenvalue weighted by Crippen LogP contribution is 2.31. The molecule has 0 unspecified atom stereocenters. The first kappa shape index (κ1) is 22.0. The number of nitrogens with one attached hydrogen (secondary N) is 2. The van der Waals surface area contributed by atoms with Crippen LogP contribution in [0.4, 0.5) is 5.69 Å². The van der Waals surface area contributed by atoms with E-state index in [4.69, 9.17) is 4.74 Å². The van der Waals surface area contributed by atoms with E-state index in [1.54, 1.807) is 29.2 Å². The van der Waals surface area contributed by atoms with E-state index in [0.717, 1.165) is 11.1 Å². The van der Waals surface area contributed by atoms with Crippen molar-refractivity contribution in [2.24, 2.45) is 0 Å². The molecule has 0 fully saturated rings. The van der Waals surface area contributed by atoms with E-state index in [-0.39, 0.29) is 5.91 Å². The Hall–Kier alpha value is -4.86. The molecule has 10 heteroatoms. The van der Waals surface area contributed by atoms with E-state index in [1.807, 2.05) is 62.4 Å². The van der Waals surface area contributed by atoms with Crippen LogP contribution in [0.15, 0.2) is 73.1 Å². The van der Waals surface area contributed by atoms with Crippen molar-refractivity contribution < 1.29 is 9.53 Å². The van der Waals surface area contributed by atoms with E-state index >= 15 is 0 Å². The Morgan fingerprint density at radius 2 is 1.89 bits per heavy atom. The maximum absolute atomic E-state index is 13.0. The van der Waals surface area contributed by atoms with Crippen molar-refractivity contribution >= 4 is 11.6 Å². The highest BCUT2D eigenvalue weighted by atomic mass is 16.5. The highest BCUT2D eigenvalue weighted by molar-refractivity contribution is 6.05. The zero-order chi connectivity index (χ0) is 24.2. The number of ether oxygens (including phenoxy) is 1. The van der Waals surface area contributed by atoms with Gasteiger partial charge in [0.1, 0.15) is 5.75 Å². The minimum Gasteiger partial charge on any atom is -0.438 e. The number of anilines is 1. The van der Waals surface area contributed by atoms with Crippen molar-refractivity contribution in [2.75, 3.05) is 5.32 Å². The fraction of sp³-hybridized carbons (Fsp3) is 0.120. The van der Waals surface area contributed by atoms with Gasteiger partial charge in [-0.25, -0.2) is 4.98 Å². The number of amides is 1. The van der Waals surface area contributed by atoms with Crippen LogP contribution in [0, 0.1) is 13.8 Å². The van der Waals surface area contributed by atoms with Crippen molar-refractivity contribution in [3.05, 3.63) is 95.4 Å². The Kier molecular flexibility index (Phi) is 6.00. The lowest BCUT2D eigenvalue weighted by atomic mass is 10.2. The molecule has 0 radical (unpaired) electrons. The quantitative estimate of drug-likeness (QED) is 0.369. The van der Waals surface area contributed by atoms with E-state index in [2.05, 4.69) is 36.0 Å². The van der Waals surface area contributed by atoms with Gasteiger partial charge in [-0.1, -0.05) is 42.5 Å². The van der Waals surface area contributed by atoms with Gasteiger partial charge in [-0.05, 0) is 42.3 Å². The lowest BCUT2D eigenvalue weighted by Gasteiger charge is -2.11. The first-order chi connectivity index (χ1) is 17.1. The summed E-state index contributed by atoms with van der Waals surface area (Å²) in [6.45, 7) is 4.29. The van der Waals surface area contributed by atoms with Crippen LogP contribution in [0.2, 0.25) is 0 Å². The third kappa shape index (κ3) is 4.91. The Morgan fingerprint density at radius 1 is 1.09 bits per heavy atom. The van der Waals surface area contributed by atoms with Gasteiger partial charge < -0.3 is 10.1 Å². The molecule has 0 spiro atoms. The molecule has 1 amide bonds. The summed E-state index contributed by atoms with van der Waals surface area (Å²) in [5, 5.41) is 21.5. The number of aromatic nitrogens is 7. The van der Waals surface area contributed by atoms with Crippen LogP contribution < -0.4 is 10.1 Å². The molecule has 0 saturated carbocycles. The zero-order valence-corrected chi connectivity index (χ0v) is 19.1. The first-order valence-electron chi connectivity index (χ1n) is 10.9. The Morgan fingerprint density at radius 3 is 2.66 bits per heavy atom. The Bertz CT molecular complexity index is 1460. The maximum atomic E-state index is 13.0. The van der Waals surface area contributed by atoms with Crippen molar-refractivity contribution in [3.8, 4) is 23.0 Å². The lowest BCUT2D eigenvalue weighted by Crippen LogP contribution is -2.13. The molecule has 0 atom stereocenters. The van der Waals surface area contributed by atoms with Crippen LogP contribution in [0.3, 0.4) is 0 Å². The van der Waals surface area contributed by atoms with E-state index in [0.29, 0.717) is 46.5 Å². The summed E-state index contributed by atoms with van der Waals surface area (Å²) in [5.41, 5.74) is 4.34. The summed E-state index contributed by atoms with van der Waals surface area (Å²) in [7, 11) is 0. The zero-order valence-electron chi connectivity index (χ0n) is 19.1. The van der Waals surface area contributed by atoms with Gasteiger partial charge in [-0.15, -0.1) is 10.2 Å². The molecule has 0 aliphatic rings. The molecule has 0 aliphatic heterocycles. The number of aryl methyl sites for hydroxylation is 2. The van der Waals surface area contributed by atoms with Crippen LogP contribution in [-0.4, -0.2) is 41.3 Å². The number of benzene rings is 2. The molecule has 35 heavy (non-hydrogen) atoms. The van der Waals surface area contributed by atoms with Crippen molar-refractivity contribution in [3.63, 3.8) is 0 Å². The van der Waals surface area contributed by atoms with Gasteiger partial charge in [0.25, 0.3) is 5.91 Å². The summed E-state index contributed by atoms with van der Waals surface area (Å²) < 4.78 is 7.75. The van der Waals surface area contributed by atoms with Gasteiger partial charge in [0.2, 0.25) is 11.7 Å². The molecule has 10 nitrogen and oxygen atoms in total. The van der Waals surface area contributed by atoms with Crippen LogP contribution in [-0.2, 0) is 6.54 Å². The van der Waals surface area contributed by atoms with Gasteiger partial charge >= 0.3 is 0 Å². The third-order valence-electron chi connectivity index (χ3n) is 5.40. The van der Waals surface area contributed by atoms with Gasteiger partial charge in [0, 0.05) is 12.3 Å². The Balaban J connectivity index is 1.30. The van der Waals surface area contributed by atoms with E-state index in [9.17, 15) is 4.79 Å². The summed E-state index contributed by atoms with van der Waals surface area (Å²) in [6, 6.07) is 19.1. The van der Waals surface area contributed by atoms with Crippen LogP contribution in [0.5, 0.6) is 11.6 Å². The summed E-state index contributed by atoms with van der Waals surface area (Å²) in [4.78, 5) is 17.3. The number of pyridine rings is 1. The fourth-order valence-electron chi connectivity index (χ4n) is 3.63. The average molecular weight is 467 g/mol. The number of carbonyl (C=O) groups excluding carboxylic acids is 1. The standard InChI is InChI=1S/C25H22N8O2/c1-16-12-23(35-22-11-7-6-10-19(22)24-28-31-32-29-24)26-13-21(16)27-25(34)20-15-33(30-17(20)2)14-18-8-4-3-5-9-18/h3-13,15H,14H2,1-2H3,(H,27,34)(H,28,29,31,32). The second-order valence-corrected chi connectivity index (χ2v) is 7.94. The topological polar surface area (TPSA) is 124 Å². The second-order valence-electron chi connectivity index (χ2n) is 7.94. The number of para-hydroxylation sites is 1. The predicted molar refractivity (Wildman–Crippen MR) is 129 cm³/mol. The van der Waals surface area contributed by atoms with Crippen molar-refractivity contribution in [1.29, 1.82) is 0 Å². The van der Waals surface area contributed by atoms with Gasteiger partial charge in [0.15, 0.2) is 0 Å². The van der Waals surface area contributed by atoms with Gasteiger partial charge in [-0.3, -0.25) is 9.48 Å². The number of nitrogens with zero attached hydrogens (tertiary/aromatic N) is 6. The molecule has 0 bridgehead atoms. The molecule has 3 aromatic heterocycles. The lowest BCUT2D eigenvalue weighted by molar-refractivity contribution is 0.102. The number of H-pyrrole nitrogens is 1. The summed E-state index contributed by atoms with van der Waals surface area (Å²) in [5.74, 6) is 1.09. The average Bonchev–Trinajstić information content (AvgIpc) is 3.52. The molecular formula is C25H22N8O2. The number of carbonyl (C=O) groups is 1. The van der Waals surface area contributed by atoms with Crippen LogP contribution in [0.1, 0.15) is 27.2 Å². The minimum atomic E-state index is -0.247. The van der Waals surface area contributed by atoms with E-state index in [1.165, 1.54) is 0 Å². The fourth-order valence-corrected chi connectivity index (χ4v) is 3.63. The number of hydrogen-bond donors (Lipinski definition) is 2. The molecule has 2 aromatic carbocycles. The molecule has 5 aromatic rings. The summed E-state index contributed by atoms with van der Waals surface area (Å²) >= 11 is 0. The number of hydrogen-bond acceptors (Lipinski definition) is 7. The number of aromatic amines is 1. The van der Waals surface area contributed by atoms with E-state index < -0.39 is 0 Å². The predicted octanol–water partition coefficient (Wildman–Crippen LogP) is 4.17. The minimum absolute atomic E-state index is 0.247. The van der Waals surface area contributed by atoms with Crippen LogP contribution in [0.25, 0.3) is 11.4 Å². The second kappa shape index (κ2) is 9.56. The maximum Gasteiger partial charge on any atom is 0.259 e. The molecule has 3 heterocycles. The smallest absolute Gasteiger partial charge is 0.259 e. The molecule has 5 rings (SSSR count). The number of rotatable bonds is 7. The molecule has 174 valence electrons. The third-order valence-corrected chi connectivity index (χ3v) is 5.40. The van der Waals surface area contributed by atoms with Crippen LogP contribution >= 0.6 is 0 Å². The summed E-state index contributed by atoms with van der Waals surface area (Å²) in [6.07, 6.45) is 3.33. The largest absolute Gasteiger partial charge is 0.438 e. The van der Waals surface area contributed by atoms with Gasteiger partial charge in [-0.2, -0.15) is 10.3 Å². The molecule has 2 N–H and O–H groups in total. The molecular weight excluding hydrogens is 444 g/mol. The van der Waals surface area contributed by atoms with Crippen molar-refractivity contribution in [2.45, 2.75) is 20.4 Å². The first-order valence-corrected chi connectivity index (χ1v) is 10.9.